The number of aromatic nitrogens is 1. The minimum Gasteiger partial charge on any atom is -0.298 e. The molecule has 3 aromatic rings. The van der Waals surface area contributed by atoms with Crippen molar-refractivity contribution in [3.63, 3.8) is 0 Å². The van der Waals surface area contributed by atoms with Crippen LogP contribution >= 0.6 is 11.3 Å². The number of carbonyl (C=O) groups excluding carboxylic acids is 1. The highest BCUT2D eigenvalue weighted by molar-refractivity contribution is 7.14. The quantitative estimate of drug-likeness (QED) is 0.568. The molecule has 2 aromatic carbocycles. The van der Waals surface area contributed by atoms with Crippen molar-refractivity contribution in [1.29, 1.82) is 0 Å². The normalized spacial score (nSPS) is 10.4. The maximum absolute atomic E-state index is 12.3. The number of anilines is 1. The molecule has 1 aromatic heterocycles. The van der Waals surface area contributed by atoms with Gasteiger partial charge >= 0.3 is 0 Å². The van der Waals surface area contributed by atoms with E-state index in [4.69, 9.17) is 0 Å². The molecule has 120 valence electrons. The lowest BCUT2D eigenvalue weighted by Gasteiger charge is -2.03. The number of rotatable bonds is 4. The topological polar surface area (TPSA) is 85.1 Å². The van der Waals surface area contributed by atoms with Gasteiger partial charge in [0.15, 0.2) is 5.13 Å². The van der Waals surface area contributed by atoms with Gasteiger partial charge in [-0.15, -0.1) is 11.3 Å². The summed E-state index contributed by atoms with van der Waals surface area (Å²) in [5, 5.41) is 15.9. The molecule has 0 radical (unpaired) electrons. The third kappa shape index (κ3) is 3.31. The van der Waals surface area contributed by atoms with Crippen molar-refractivity contribution in [3.8, 4) is 11.3 Å². The molecule has 1 N–H and O–H groups in total. The molecule has 1 amide bonds. The highest BCUT2D eigenvalue weighted by Gasteiger charge is 2.15. The van der Waals surface area contributed by atoms with E-state index in [1.54, 1.807) is 6.92 Å². The van der Waals surface area contributed by atoms with E-state index in [-0.39, 0.29) is 11.6 Å². The average Bonchev–Trinajstić information content (AvgIpc) is 3.03. The third-order valence-electron chi connectivity index (χ3n) is 3.45. The lowest BCUT2D eigenvalue weighted by Crippen LogP contribution is -2.12. The Morgan fingerprint density at radius 3 is 2.62 bits per heavy atom. The first kappa shape index (κ1) is 15.8. The van der Waals surface area contributed by atoms with Crippen molar-refractivity contribution >= 4 is 28.1 Å². The van der Waals surface area contributed by atoms with Crippen LogP contribution in [0, 0.1) is 17.0 Å². The van der Waals surface area contributed by atoms with Gasteiger partial charge in [-0.2, -0.15) is 0 Å². The number of hydrogen-bond acceptors (Lipinski definition) is 5. The second-order valence-corrected chi connectivity index (χ2v) is 5.97. The van der Waals surface area contributed by atoms with Crippen LogP contribution in [0.2, 0.25) is 0 Å². The Morgan fingerprint density at radius 1 is 1.21 bits per heavy atom. The molecule has 6 nitrogen and oxygen atoms in total. The lowest BCUT2D eigenvalue weighted by molar-refractivity contribution is -0.385. The second kappa shape index (κ2) is 6.59. The van der Waals surface area contributed by atoms with E-state index in [1.165, 1.54) is 29.5 Å². The summed E-state index contributed by atoms with van der Waals surface area (Å²) in [6.45, 7) is 1.60. The summed E-state index contributed by atoms with van der Waals surface area (Å²) < 4.78 is 0. The fraction of sp³-hybridized carbons (Fsp3) is 0.0588. The number of carbonyl (C=O) groups is 1. The predicted octanol–water partition coefficient (Wildman–Crippen LogP) is 4.28. The van der Waals surface area contributed by atoms with Crippen LogP contribution in [-0.4, -0.2) is 15.8 Å². The number of amides is 1. The first-order chi connectivity index (χ1) is 11.5. The molecule has 0 atom stereocenters. The first-order valence-electron chi connectivity index (χ1n) is 7.12. The molecule has 3 rings (SSSR count). The Kier molecular flexibility index (Phi) is 4.35. The van der Waals surface area contributed by atoms with Crippen LogP contribution < -0.4 is 5.32 Å². The van der Waals surface area contributed by atoms with Crippen LogP contribution in [0.3, 0.4) is 0 Å². The largest absolute Gasteiger partial charge is 0.298 e. The number of benzene rings is 2. The van der Waals surface area contributed by atoms with Gasteiger partial charge < -0.3 is 0 Å². The Labute approximate surface area is 141 Å². The fourth-order valence-electron chi connectivity index (χ4n) is 2.24. The van der Waals surface area contributed by atoms with Crippen molar-refractivity contribution in [2.75, 3.05) is 5.32 Å². The summed E-state index contributed by atoms with van der Waals surface area (Å²) in [5.41, 5.74) is 2.55. The zero-order chi connectivity index (χ0) is 17.1. The molecule has 1 heterocycles. The summed E-state index contributed by atoms with van der Waals surface area (Å²) >= 11 is 1.33. The molecule has 0 bridgehead atoms. The number of nitrogens with zero attached hydrogens (tertiary/aromatic N) is 2. The molecule has 0 spiro atoms. The first-order valence-corrected chi connectivity index (χ1v) is 8.00. The van der Waals surface area contributed by atoms with Gasteiger partial charge in [0.2, 0.25) is 0 Å². The number of nitrogens with one attached hydrogen (secondary N) is 1. The Hall–Kier alpha value is -3.06. The van der Waals surface area contributed by atoms with Crippen molar-refractivity contribution in [2.24, 2.45) is 0 Å². The van der Waals surface area contributed by atoms with E-state index < -0.39 is 4.92 Å². The van der Waals surface area contributed by atoms with E-state index in [9.17, 15) is 14.9 Å². The molecular formula is C17H13N3O3S. The van der Waals surface area contributed by atoms with Crippen molar-refractivity contribution in [1.82, 2.24) is 4.98 Å². The van der Waals surface area contributed by atoms with Gasteiger partial charge in [0.25, 0.3) is 11.6 Å². The Bertz CT molecular complexity index is 906. The van der Waals surface area contributed by atoms with E-state index >= 15 is 0 Å². The fourth-order valence-corrected chi connectivity index (χ4v) is 2.96. The van der Waals surface area contributed by atoms with Crippen molar-refractivity contribution in [2.45, 2.75) is 6.92 Å². The number of thiazole rings is 1. The van der Waals surface area contributed by atoms with E-state index in [1.807, 2.05) is 35.7 Å². The van der Waals surface area contributed by atoms with Crippen LogP contribution in [0.25, 0.3) is 11.3 Å². The number of aryl methyl sites for hydroxylation is 1. The molecule has 24 heavy (non-hydrogen) atoms. The molecule has 7 heteroatoms. The summed E-state index contributed by atoms with van der Waals surface area (Å²) in [6, 6.07) is 13.9. The molecule has 0 unspecified atom stereocenters. The molecule has 0 aliphatic heterocycles. The van der Waals surface area contributed by atoms with Crippen molar-refractivity contribution in [3.05, 3.63) is 75.2 Å². The zero-order valence-electron chi connectivity index (χ0n) is 12.7. The maximum Gasteiger partial charge on any atom is 0.272 e. The average molecular weight is 339 g/mol. The highest BCUT2D eigenvalue weighted by Crippen LogP contribution is 2.25. The van der Waals surface area contributed by atoms with Gasteiger partial charge in [0.05, 0.1) is 10.6 Å². The second-order valence-electron chi connectivity index (χ2n) is 5.12. The van der Waals surface area contributed by atoms with Crippen LogP contribution in [0.5, 0.6) is 0 Å². The van der Waals surface area contributed by atoms with Crippen LogP contribution in [0.15, 0.2) is 53.9 Å². The zero-order valence-corrected chi connectivity index (χ0v) is 13.5. The third-order valence-corrected chi connectivity index (χ3v) is 4.21. The molecule has 0 saturated carbocycles. The number of hydrogen-bond donors (Lipinski definition) is 1. The monoisotopic (exact) mass is 339 g/mol. The Balaban J connectivity index is 1.77. The van der Waals surface area contributed by atoms with Crippen LogP contribution in [0.4, 0.5) is 10.8 Å². The lowest BCUT2D eigenvalue weighted by atomic mass is 10.1. The van der Waals surface area contributed by atoms with Gasteiger partial charge in [-0.3, -0.25) is 20.2 Å². The van der Waals surface area contributed by atoms with Crippen LogP contribution in [-0.2, 0) is 0 Å². The number of nitro groups is 1. The number of nitro benzene ring substituents is 1. The smallest absolute Gasteiger partial charge is 0.272 e. The molecular weight excluding hydrogens is 326 g/mol. The van der Waals surface area contributed by atoms with Gasteiger partial charge in [-0.1, -0.05) is 30.3 Å². The summed E-state index contributed by atoms with van der Waals surface area (Å²) in [6.07, 6.45) is 0. The van der Waals surface area contributed by atoms with Crippen molar-refractivity contribution < 1.29 is 9.72 Å². The van der Waals surface area contributed by atoms with E-state index in [0.717, 1.165) is 11.3 Å². The standard InChI is InChI=1S/C17H13N3O3S/c1-11-9-13(7-8-15(11)20(22)23)16(21)19-17-18-14(10-24-17)12-5-3-2-4-6-12/h2-10H,1H3,(H,18,19,21). The minimum atomic E-state index is -0.468. The molecule has 0 saturated heterocycles. The molecule has 0 aliphatic rings. The molecule has 0 aliphatic carbocycles. The highest BCUT2D eigenvalue weighted by atomic mass is 32.1. The van der Waals surface area contributed by atoms with E-state index in [0.29, 0.717) is 16.3 Å². The van der Waals surface area contributed by atoms with Gasteiger partial charge in [-0.25, -0.2) is 4.98 Å². The predicted molar refractivity (Wildman–Crippen MR) is 93.3 cm³/mol. The van der Waals surface area contributed by atoms with Gasteiger partial charge in [0, 0.05) is 28.1 Å². The summed E-state index contributed by atoms with van der Waals surface area (Å²) in [7, 11) is 0. The molecule has 0 fully saturated rings. The van der Waals surface area contributed by atoms with Crippen LogP contribution in [0.1, 0.15) is 15.9 Å². The summed E-state index contributed by atoms with van der Waals surface area (Å²) in [5.74, 6) is -0.345. The van der Waals surface area contributed by atoms with E-state index in [2.05, 4.69) is 10.3 Å². The minimum absolute atomic E-state index is 0.00726. The van der Waals surface area contributed by atoms with Gasteiger partial charge in [-0.05, 0) is 19.1 Å². The van der Waals surface area contributed by atoms with Gasteiger partial charge in [0.1, 0.15) is 0 Å². The SMILES string of the molecule is Cc1cc(C(=O)Nc2nc(-c3ccccc3)cs2)ccc1[N+](=O)[O-]. The maximum atomic E-state index is 12.3. The summed E-state index contributed by atoms with van der Waals surface area (Å²) in [4.78, 5) is 27.0. The Morgan fingerprint density at radius 2 is 1.96 bits per heavy atom.